The molecular weight excluding hydrogens is 457 g/mol. The van der Waals surface area contributed by atoms with E-state index in [9.17, 15) is 0 Å². The molecule has 2 aliphatic carbocycles. The number of rotatable bonds is 5. The van der Waals surface area contributed by atoms with Crippen molar-refractivity contribution in [3.05, 3.63) is 34.9 Å². The zero-order chi connectivity index (χ0) is 22.1. The van der Waals surface area contributed by atoms with E-state index in [1.54, 1.807) is 0 Å². The molecule has 2 fully saturated rings. The van der Waals surface area contributed by atoms with Crippen LogP contribution in [0.4, 0.5) is 0 Å². The molecule has 5 unspecified atom stereocenters. The van der Waals surface area contributed by atoms with Crippen LogP contribution < -0.4 is 0 Å². The number of pyridine rings is 1. The van der Waals surface area contributed by atoms with E-state index in [4.69, 9.17) is 35.5 Å². The van der Waals surface area contributed by atoms with E-state index in [1.807, 2.05) is 0 Å². The predicted octanol–water partition coefficient (Wildman–Crippen LogP) is 8.11. The summed E-state index contributed by atoms with van der Waals surface area (Å²) in [5.41, 5.74) is 3.20. The van der Waals surface area contributed by atoms with Crippen molar-refractivity contribution in [2.75, 3.05) is 0 Å². The molecule has 3 rings (SSSR count). The molecule has 5 atom stereocenters. The standard InChI is InChI=1S/C24H38N3.2ClH.Fe/c1-16-10-6-7-13-21(16)25-19(4)22-14-9-15-23(27-22)20(5)26-24-17(2)11-8-12-18(24)3;;;/h9,14-18,20-21,24H,6-8,10-13H2,1-5H3;2*1H;/q-1;;;+3/p-2. The van der Waals surface area contributed by atoms with Crippen molar-refractivity contribution in [2.24, 2.45) is 22.7 Å². The molecule has 2 aliphatic rings. The second-order valence-electron chi connectivity index (χ2n) is 9.24. The summed E-state index contributed by atoms with van der Waals surface area (Å²) in [6.07, 6.45) is 9.17. The molecule has 1 heterocycles. The molecule has 0 aromatic carbocycles. The van der Waals surface area contributed by atoms with Crippen molar-refractivity contribution in [1.82, 2.24) is 4.98 Å². The van der Waals surface area contributed by atoms with E-state index in [0.29, 0.717) is 29.8 Å². The molecule has 0 radical (unpaired) electrons. The van der Waals surface area contributed by atoms with Crippen LogP contribution >= 0.6 is 20.2 Å². The Balaban J connectivity index is 0.00000101. The Kier molecular flexibility index (Phi) is 11.7. The van der Waals surface area contributed by atoms with E-state index in [0.717, 1.165) is 17.1 Å². The third kappa shape index (κ3) is 7.78. The minimum absolute atomic E-state index is 0.152. The van der Waals surface area contributed by atoms with Crippen molar-refractivity contribution in [3.8, 4) is 0 Å². The molecule has 1 aromatic rings. The molecule has 0 N–H and O–H groups in total. The second-order valence-corrected chi connectivity index (χ2v) is 11.1. The van der Waals surface area contributed by atoms with Gasteiger partial charge in [-0.05, 0) is 37.8 Å². The van der Waals surface area contributed by atoms with Crippen molar-refractivity contribution in [3.63, 3.8) is 0 Å². The van der Waals surface area contributed by atoms with Gasteiger partial charge in [0.1, 0.15) is 0 Å². The van der Waals surface area contributed by atoms with Gasteiger partial charge in [-0.3, -0.25) is 9.98 Å². The third-order valence-electron chi connectivity index (χ3n) is 6.88. The number of aliphatic imine (C=N–C) groups is 1. The molecule has 0 spiro atoms. The minimum atomic E-state index is 0.152. The zero-order valence-electron chi connectivity index (χ0n) is 19.1. The molecule has 0 saturated heterocycles. The summed E-state index contributed by atoms with van der Waals surface area (Å²) in [6, 6.07) is 7.45. The number of aromatic nitrogens is 1. The Morgan fingerprint density at radius 1 is 1.03 bits per heavy atom. The van der Waals surface area contributed by atoms with Crippen molar-refractivity contribution < 1.29 is 13.1 Å². The van der Waals surface area contributed by atoms with Gasteiger partial charge in [-0.25, -0.2) is 0 Å². The monoisotopic (exact) mass is 494 g/mol. The van der Waals surface area contributed by atoms with Gasteiger partial charge in [0.2, 0.25) is 0 Å². The Morgan fingerprint density at radius 3 is 2.27 bits per heavy atom. The van der Waals surface area contributed by atoms with Crippen LogP contribution in [0.2, 0.25) is 0 Å². The van der Waals surface area contributed by atoms with Gasteiger partial charge in [0.15, 0.2) is 0 Å². The maximum atomic E-state index is 5.19. The maximum absolute atomic E-state index is 5.19. The average Bonchev–Trinajstić information content (AvgIpc) is 2.73. The van der Waals surface area contributed by atoms with E-state index < -0.39 is 0 Å². The van der Waals surface area contributed by atoms with Gasteiger partial charge in [-0.15, -0.1) is 6.04 Å². The first kappa shape index (κ1) is 26.1. The Morgan fingerprint density at radius 2 is 1.63 bits per heavy atom. The Hall–Kier alpha value is -0.121. The summed E-state index contributed by atoms with van der Waals surface area (Å²) in [5, 5.41) is 5.19. The number of nitrogens with zero attached hydrogens (tertiary/aromatic N) is 3. The fourth-order valence-electron chi connectivity index (χ4n) is 4.98. The molecule has 30 heavy (non-hydrogen) atoms. The number of halogens is 2. The first-order chi connectivity index (χ1) is 14.4. The van der Waals surface area contributed by atoms with Crippen LogP contribution in [-0.2, 0) is 13.1 Å². The summed E-state index contributed by atoms with van der Waals surface area (Å²) >= 11 is 0.194. The van der Waals surface area contributed by atoms with Crippen LogP contribution in [0, 0.1) is 17.8 Å². The summed E-state index contributed by atoms with van der Waals surface area (Å²) in [5.74, 6) is 2.08. The van der Waals surface area contributed by atoms with Crippen LogP contribution in [0.5, 0.6) is 0 Å². The van der Waals surface area contributed by atoms with Crippen LogP contribution in [-0.4, -0.2) is 22.8 Å². The van der Waals surface area contributed by atoms with E-state index in [1.165, 1.54) is 44.9 Å². The zero-order valence-corrected chi connectivity index (χ0v) is 21.7. The summed E-state index contributed by atoms with van der Waals surface area (Å²) in [6.45, 7) is 11.4. The quantitative estimate of drug-likeness (QED) is 0.301. The predicted molar refractivity (Wildman–Crippen MR) is 127 cm³/mol. The van der Waals surface area contributed by atoms with E-state index in [2.05, 4.69) is 52.8 Å². The van der Waals surface area contributed by atoms with Gasteiger partial charge in [0.05, 0.1) is 17.4 Å². The molecule has 0 amide bonds. The summed E-state index contributed by atoms with van der Waals surface area (Å²) in [7, 11) is 9.53. The van der Waals surface area contributed by atoms with Crippen molar-refractivity contribution >= 4 is 25.9 Å². The van der Waals surface area contributed by atoms with Gasteiger partial charge in [-0.1, -0.05) is 83.7 Å². The number of hydrogen-bond donors (Lipinski definition) is 0. The summed E-state index contributed by atoms with van der Waals surface area (Å²) < 4.78 is 0. The van der Waals surface area contributed by atoms with Gasteiger partial charge >= 0.3 is 33.3 Å². The van der Waals surface area contributed by atoms with Gasteiger partial charge in [-0.2, -0.15) is 0 Å². The molecule has 3 nitrogen and oxygen atoms in total. The topological polar surface area (TPSA) is 39.4 Å². The van der Waals surface area contributed by atoms with Crippen molar-refractivity contribution in [2.45, 2.75) is 97.7 Å². The van der Waals surface area contributed by atoms with Gasteiger partial charge in [0.25, 0.3) is 0 Å². The molecule has 1 aromatic heterocycles. The second kappa shape index (κ2) is 13.4. The molecule has 171 valence electrons. The third-order valence-corrected chi connectivity index (χ3v) is 6.88. The molecule has 6 heteroatoms. The molecular formula is C24H38Cl2FeN3. The van der Waals surface area contributed by atoms with Crippen LogP contribution in [0.3, 0.4) is 0 Å². The Bertz CT molecular complexity index is 660. The fraction of sp³-hybridized carbons (Fsp3) is 0.750. The van der Waals surface area contributed by atoms with Crippen molar-refractivity contribution in [1.29, 1.82) is 0 Å². The van der Waals surface area contributed by atoms with Crippen LogP contribution in [0.25, 0.3) is 5.32 Å². The van der Waals surface area contributed by atoms with Crippen LogP contribution in [0.15, 0.2) is 23.2 Å². The SMILES string of the molecule is CC(=NC1CCCCC1C)c1cccc(C(C)[N-]C2C(C)CCCC2C)n1.[Cl][Fe+][Cl]. The normalized spacial score (nSPS) is 30.9. The van der Waals surface area contributed by atoms with Gasteiger partial charge in [0, 0.05) is 5.69 Å². The van der Waals surface area contributed by atoms with E-state index in [-0.39, 0.29) is 19.2 Å². The Labute approximate surface area is 198 Å². The summed E-state index contributed by atoms with van der Waals surface area (Å²) in [4.78, 5) is 10.0. The molecule has 0 aliphatic heterocycles. The molecule has 0 bridgehead atoms. The molecule has 2 saturated carbocycles. The van der Waals surface area contributed by atoms with Gasteiger partial charge < -0.3 is 5.32 Å². The van der Waals surface area contributed by atoms with Crippen LogP contribution in [0.1, 0.15) is 97.0 Å². The van der Waals surface area contributed by atoms with E-state index >= 15 is 0 Å². The fourth-order valence-corrected chi connectivity index (χ4v) is 4.98. The first-order valence-corrected chi connectivity index (χ1v) is 14.5. The number of hydrogen-bond acceptors (Lipinski definition) is 2. The average molecular weight is 495 g/mol. The first-order valence-electron chi connectivity index (χ1n) is 11.4.